The topological polar surface area (TPSA) is 138 Å². The van der Waals surface area contributed by atoms with Crippen LogP contribution in [0.4, 0.5) is 5.82 Å². The predicted octanol–water partition coefficient (Wildman–Crippen LogP) is 0.839. The minimum atomic E-state index is -0.330. The minimum absolute atomic E-state index is 0.105. The summed E-state index contributed by atoms with van der Waals surface area (Å²) in [6.07, 6.45) is 2.94. The third-order valence-corrected chi connectivity index (χ3v) is 5.29. The summed E-state index contributed by atoms with van der Waals surface area (Å²) < 4.78 is 1.41. The molecule has 2 aromatic rings. The molecule has 1 aromatic heterocycles. The van der Waals surface area contributed by atoms with Crippen LogP contribution in [0.2, 0.25) is 0 Å². The lowest BCUT2D eigenvalue weighted by atomic mass is 10.1. The van der Waals surface area contributed by atoms with E-state index in [1.807, 2.05) is 0 Å². The second-order valence-electron chi connectivity index (χ2n) is 8.15. The van der Waals surface area contributed by atoms with Gasteiger partial charge in [-0.2, -0.15) is 0 Å². The number of aryl methyl sites for hydroxylation is 3. The van der Waals surface area contributed by atoms with Gasteiger partial charge in [0.15, 0.2) is 5.82 Å². The molecule has 0 aliphatic carbocycles. The van der Waals surface area contributed by atoms with Crippen molar-refractivity contribution in [2.45, 2.75) is 46.2 Å². The molecule has 3 rings (SSSR count). The van der Waals surface area contributed by atoms with Crippen molar-refractivity contribution in [3.05, 3.63) is 57.1 Å². The first-order valence-corrected chi connectivity index (χ1v) is 10.6. The number of amides is 1. The number of aromatic nitrogens is 2. The molecular formula is C22H31N7O3. The molecular weight excluding hydrogens is 410 g/mol. The van der Waals surface area contributed by atoms with Crippen LogP contribution in [0.1, 0.15) is 28.8 Å². The van der Waals surface area contributed by atoms with E-state index in [-0.39, 0.29) is 42.4 Å². The van der Waals surface area contributed by atoms with Crippen molar-refractivity contribution in [1.29, 1.82) is 5.41 Å². The Morgan fingerprint density at radius 3 is 2.62 bits per heavy atom. The smallest absolute Gasteiger partial charge is 0.293 e. The number of anilines is 1. The van der Waals surface area contributed by atoms with Crippen molar-refractivity contribution < 1.29 is 9.63 Å². The SMILES string of the molecule is Cc1cc(C)cc(CCNc2ncc(C)n(CC(=O)NC3CCN(C(=N)N)OC3)c2=O)c1. The number of nitrogens with two attached hydrogens (primary N) is 1. The van der Waals surface area contributed by atoms with E-state index in [1.165, 1.54) is 26.3 Å². The van der Waals surface area contributed by atoms with Crippen molar-refractivity contribution in [3.63, 3.8) is 0 Å². The van der Waals surface area contributed by atoms with Crippen molar-refractivity contribution in [2.75, 3.05) is 25.0 Å². The van der Waals surface area contributed by atoms with Gasteiger partial charge in [-0.15, -0.1) is 0 Å². The molecule has 1 aliphatic heterocycles. The zero-order valence-corrected chi connectivity index (χ0v) is 18.8. The molecule has 32 heavy (non-hydrogen) atoms. The van der Waals surface area contributed by atoms with Crippen LogP contribution in [0.5, 0.6) is 0 Å². The van der Waals surface area contributed by atoms with E-state index in [0.717, 1.165) is 6.42 Å². The number of rotatable bonds is 7. The summed E-state index contributed by atoms with van der Waals surface area (Å²) >= 11 is 0. The van der Waals surface area contributed by atoms with Gasteiger partial charge in [0.25, 0.3) is 5.56 Å². The Morgan fingerprint density at radius 2 is 2.00 bits per heavy atom. The lowest BCUT2D eigenvalue weighted by Gasteiger charge is -2.31. The highest BCUT2D eigenvalue weighted by Gasteiger charge is 2.23. The Labute approximate surface area is 187 Å². The molecule has 0 radical (unpaired) electrons. The van der Waals surface area contributed by atoms with Gasteiger partial charge in [-0.05, 0) is 39.2 Å². The highest BCUT2D eigenvalue weighted by molar-refractivity contribution is 5.76. The summed E-state index contributed by atoms with van der Waals surface area (Å²) in [6.45, 7) is 6.97. The third-order valence-electron chi connectivity index (χ3n) is 5.29. The summed E-state index contributed by atoms with van der Waals surface area (Å²) in [5.74, 6) is -0.218. The fourth-order valence-electron chi connectivity index (χ4n) is 3.75. The predicted molar refractivity (Wildman–Crippen MR) is 122 cm³/mol. The highest BCUT2D eigenvalue weighted by atomic mass is 16.7. The van der Waals surface area contributed by atoms with Gasteiger partial charge in [-0.1, -0.05) is 29.3 Å². The van der Waals surface area contributed by atoms with Crippen LogP contribution in [0.15, 0.2) is 29.2 Å². The molecule has 1 saturated heterocycles. The Balaban J connectivity index is 1.57. The maximum atomic E-state index is 12.9. The second-order valence-corrected chi connectivity index (χ2v) is 8.15. The Morgan fingerprint density at radius 1 is 1.28 bits per heavy atom. The van der Waals surface area contributed by atoms with E-state index in [0.29, 0.717) is 25.2 Å². The number of benzene rings is 1. The van der Waals surface area contributed by atoms with Crippen LogP contribution >= 0.6 is 0 Å². The zero-order valence-electron chi connectivity index (χ0n) is 18.8. The maximum Gasteiger partial charge on any atom is 0.293 e. The quantitative estimate of drug-likeness (QED) is 0.369. The molecule has 1 fully saturated rings. The molecule has 2 heterocycles. The second kappa shape index (κ2) is 10.3. The fourth-order valence-corrected chi connectivity index (χ4v) is 3.75. The Bertz CT molecular complexity index is 1020. The summed E-state index contributed by atoms with van der Waals surface area (Å²) in [6, 6.07) is 6.18. The monoisotopic (exact) mass is 441 g/mol. The summed E-state index contributed by atoms with van der Waals surface area (Å²) in [4.78, 5) is 35.0. The summed E-state index contributed by atoms with van der Waals surface area (Å²) in [5, 5.41) is 14.6. The number of carbonyl (C=O) groups is 1. The number of hydrogen-bond acceptors (Lipinski definition) is 6. The van der Waals surface area contributed by atoms with Gasteiger partial charge < -0.3 is 16.4 Å². The van der Waals surface area contributed by atoms with Crippen LogP contribution in [-0.4, -0.2) is 52.2 Å². The van der Waals surface area contributed by atoms with Crippen molar-refractivity contribution in [2.24, 2.45) is 5.73 Å². The van der Waals surface area contributed by atoms with Gasteiger partial charge in [-0.25, -0.2) is 10.0 Å². The molecule has 1 aromatic carbocycles. The maximum absolute atomic E-state index is 12.9. The minimum Gasteiger partial charge on any atom is -0.368 e. The van der Waals surface area contributed by atoms with Crippen molar-refractivity contribution in [3.8, 4) is 0 Å². The van der Waals surface area contributed by atoms with Gasteiger partial charge in [0, 0.05) is 18.4 Å². The Kier molecular flexibility index (Phi) is 7.47. The van der Waals surface area contributed by atoms with Gasteiger partial charge in [0.2, 0.25) is 11.9 Å². The molecule has 1 unspecified atom stereocenters. The molecule has 10 heteroatoms. The van der Waals surface area contributed by atoms with E-state index in [9.17, 15) is 9.59 Å². The number of hydrogen-bond donors (Lipinski definition) is 4. The van der Waals surface area contributed by atoms with Gasteiger partial charge >= 0.3 is 0 Å². The van der Waals surface area contributed by atoms with Crippen molar-refractivity contribution >= 4 is 17.7 Å². The number of guanidine groups is 1. The molecule has 0 spiro atoms. The van der Waals surface area contributed by atoms with E-state index >= 15 is 0 Å². The van der Waals surface area contributed by atoms with Gasteiger partial charge in [-0.3, -0.25) is 24.4 Å². The first kappa shape index (κ1) is 23.3. The zero-order chi connectivity index (χ0) is 23.3. The highest BCUT2D eigenvalue weighted by Crippen LogP contribution is 2.10. The van der Waals surface area contributed by atoms with E-state index < -0.39 is 0 Å². The summed E-state index contributed by atoms with van der Waals surface area (Å²) in [5.41, 5.74) is 9.27. The normalized spacial score (nSPS) is 16.0. The summed E-state index contributed by atoms with van der Waals surface area (Å²) in [7, 11) is 0. The first-order valence-electron chi connectivity index (χ1n) is 10.6. The molecule has 1 atom stereocenters. The number of carbonyl (C=O) groups excluding carboxylic acids is 1. The third kappa shape index (κ3) is 6.07. The Hall–Kier alpha value is -3.40. The largest absolute Gasteiger partial charge is 0.368 e. The number of nitrogens with one attached hydrogen (secondary N) is 3. The molecule has 1 aliphatic rings. The standard InChI is InChI=1S/C22H31N7O3/c1-14-8-15(2)10-17(9-14)4-6-25-20-21(31)28(16(3)11-26-20)12-19(30)27-18-5-7-29(22(23)24)32-13-18/h8-11,18H,4-7,12-13H2,1-3H3,(H3,23,24)(H,25,26)(H,27,30). The van der Waals surface area contributed by atoms with Crippen molar-refractivity contribution in [1.82, 2.24) is 19.9 Å². The molecule has 172 valence electrons. The van der Waals surface area contributed by atoms with Crippen LogP contribution in [0.3, 0.4) is 0 Å². The fraction of sp³-hybridized carbons (Fsp3) is 0.455. The van der Waals surface area contributed by atoms with Crippen LogP contribution < -0.4 is 21.9 Å². The first-order chi connectivity index (χ1) is 15.2. The van der Waals surface area contributed by atoms with Crippen LogP contribution in [-0.2, 0) is 22.6 Å². The molecule has 0 bridgehead atoms. The molecule has 5 N–H and O–H groups in total. The van der Waals surface area contributed by atoms with E-state index in [4.69, 9.17) is 16.0 Å². The molecule has 1 amide bonds. The number of nitrogens with zero attached hydrogens (tertiary/aromatic N) is 3. The van der Waals surface area contributed by atoms with Crippen LogP contribution in [0, 0.1) is 26.2 Å². The molecule has 0 saturated carbocycles. The molecule has 10 nitrogen and oxygen atoms in total. The lowest BCUT2D eigenvalue weighted by molar-refractivity contribution is -0.143. The number of hydroxylamine groups is 2. The average Bonchev–Trinajstić information content (AvgIpc) is 2.72. The lowest BCUT2D eigenvalue weighted by Crippen LogP contribution is -2.50. The van der Waals surface area contributed by atoms with Gasteiger partial charge in [0.05, 0.1) is 19.2 Å². The van der Waals surface area contributed by atoms with Crippen LogP contribution in [0.25, 0.3) is 0 Å². The van der Waals surface area contributed by atoms with E-state index in [2.05, 4.69) is 47.7 Å². The average molecular weight is 442 g/mol. The van der Waals surface area contributed by atoms with E-state index in [1.54, 1.807) is 13.1 Å². The van der Waals surface area contributed by atoms with Gasteiger partial charge in [0.1, 0.15) is 6.54 Å².